The van der Waals surface area contributed by atoms with E-state index in [0.717, 1.165) is 17.1 Å². The Morgan fingerprint density at radius 3 is 2.42 bits per heavy atom. The monoisotopic (exact) mass is 320 g/mol. The van der Waals surface area contributed by atoms with Gasteiger partial charge in [0.15, 0.2) is 5.82 Å². The summed E-state index contributed by atoms with van der Waals surface area (Å²) in [5.41, 5.74) is 2.97. The van der Waals surface area contributed by atoms with Crippen LogP contribution in [0.5, 0.6) is 0 Å². The van der Waals surface area contributed by atoms with Crippen molar-refractivity contribution in [2.45, 2.75) is 13.0 Å². The van der Waals surface area contributed by atoms with Crippen molar-refractivity contribution >= 4 is 17.3 Å². The molecule has 120 valence electrons. The van der Waals surface area contributed by atoms with Crippen LogP contribution in [-0.2, 0) is 4.74 Å². The number of para-hydroxylation sites is 3. The van der Waals surface area contributed by atoms with Gasteiger partial charge in [0, 0.05) is 5.69 Å². The predicted molar refractivity (Wildman–Crippen MR) is 89.7 cm³/mol. The second-order valence-electron chi connectivity index (χ2n) is 5.57. The fraction of sp³-hybridized carbons (Fsp3) is 0.167. The van der Waals surface area contributed by atoms with Crippen molar-refractivity contribution in [3.8, 4) is 5.69 Å². The van der Waals surface area contributed by atoms with Crippen LogP contribution in [0, 0.1) is 0 Å². The number of carbonyl (C=O) groups is 1. The SMILES string of the molecule is COC(=O)c1nc2n(n1)-c1ccccc1N(c1ccccc1)C2C. The quantitative estimate of drug-likeness (QED) is 0.678. The lowest BCUT2D eigenvalue weighted by Gasteiger charge is -2.36. The number of aromatic nitrogens is 3. The second-order valence-corrected chi connectivity index (χ2v) is 5.57. The Kier molecular flexibility index (Phi) is 3.30. The van der Waals surface area contributed by atoms with E-state index in [4.69, 9.17) is 4.74 Å². The van der Waals surface area contributed by atoms with Crippen LogP contribution in [0.25, 0.3) is 5.69 Å². The summed E-state index contributed by atoms with van der Waals surface area (Å²) in [4.78, 5) is 18.4. The number of methoxy groups -OCH3 is 1. The molecule has 0 spiro atoms. The van der Waals surface area contributed by atoms with Crippen LogP contribution in [0.4, 0.5) is 11.4 Å². The van der Waals surface area contributed by atoms with Crippen LogP contribution in [-0.4, -0.2) is 27.8 Å². The maximum absolute atomic E-state index is 11.8. The number of hydrogen-bond acceptors (Lipinski definition) is 5. The van der Waals surface area contributed by atoms with Gasteiger partial charge >= 0.3 is 5.97 Å². The van der Waals surface area contributed by atoms with Crippen LogP contribution >= 0.6 is 0 Å². The highest BCUT2D eigenvalue weighted by Crippen LogP contribution is 2.42. The smallest absolute Gasteiger partial charge is 0.377 e. The van der Waals surface area contributed by atoms with E-state index in [9.17, 15) is 4.79 Å². The van der Waals surface area contributed by atoms with Crippen LogP contribution in [0.15, 0.2) is 54.6 Å². The molecule has 0 aliphatic carbocycles. The molecule has 0 N–H and O–H groups in total. The van der Waals surface area contributed by atoms with Gasteiger partial charge in [-0.05, 0) is 31.2 Å². The Morgan fingerprint density at radius 2 is 1.71 bits per heavy atom. The van der Waals surface area contributed by atoms with Gasteiger partial charge in [-0.15, -0.1) is 5.10 Å². The first-order chi connectivity index (χ1) is 11.7. The standard InChI is InChI=1S/C18H16N4O2/c1-12-17-19-16(18(23)24-2)20-22(17)15-11-7-6-10-14(15)21(12)13-8-4-3-5-9-13/h3-12H,1-2H3. The molecular formula is C18H16N4O2. The summed E-state index contributed by atoms with van der Waals surface area (Å²) in [6, 6.07) is 18.0. The molecule has 1 aliphatic heterocycles. The van der Waals surface area contributed by atoms with Crippen molar-refractivity contribution in [3.05, 3.63) is 66.2 Å². The number of nitrogens with zero attached hydrogens (tertiary/aromatic N) is 4. The summed E-state index contributed by atoms with van der Waals surface area (Å²) in [6.45, 7) is 2.05. The third-order valence-corrected chi connectivity index (χ3v) is 4.16. The molecule has 1 atom stereocenters. The topological polar surface area (TPSA) is 60.2 Å². The molecule has 4 rings (SSSR count). The highest BCUT2D eigenvalue weighted by molar-refractivity contribution is 5.85. The summed E-state index contributed by atoms with van der Waals surface area (Å²) in [6.07, 6.45) is 0. The minimum absolute atomic E-state index is 0.0732. The number of anilines is 2. The van der Waals surface area contributed by atoms with E-state index in [2.05, 4.69) is 27.1 Å². The Labute approximate surface area is 139 Å². The normalized spacial score (nSPS) is 15.6. The molecule has 2 heterocycles. The summed E-state index contributed by atoms with van der Waals surface area (Å²) in [5.74, 6) is 0.245. The molecule has 0 radical (unpaired) electrons. The molecule has 2 aromatic carbocycles. The van der Waals surface area contributed by atoms with E-state index in [0.29, 0.717) is 5.82 Å². The van der Waals surface area contributed by atoms with Gasteiger partial charge in [-0.3, -0.25) is 0 Å². The molecule has 3 aromatic rings. The average Bonchev–Trinajstić information content (AvgIpc) is 3.08. The molecule has 0 saturated heterocycles. The average molecular weight is 320 g/mol. The van der Waals surface area contributed by atoms with E-state index in [-0.39, 0.29) is 11.9 Å². The number of benzene rings is 2. The largest absolute Gasteiger partial charge is 0.463 e. The molecule has 0 saturated carbocycles. The van der Waals surface area contributed by atoms with Crippen LogP contribution in [0.3, 0.4) is 0 Å². The maximum atomic E-state index is 11.8. The lowest BCUT2D eigenvalue weighted by atomic mass is 10.1. The predicted octanol–water partition coefficient (Wildman–Crippen LogP) is 3.27. The van der Waals surface area contributed by atoms with Gasteiger partial charge in [0.2, 0.25) is 0 Å². The second kappa shape index (κ2) is 5.49. The molecule has 1 aliphatic rings. The molecular weight excluding hydrogens is 304 g/mol. The summed E-state index contributed by atoms with van der Waals surface area (Å²) in [7, 11) is 1.33. The van der Waals surface area contributed by atoms with Crippen molar-refractivity contribution < 1.29 is 9.53 Å². The number of hydrogen-bond donors (Lipinski definition) is 0. The van der Waals surface area contributed by atoms with Gasteiger partial charge in [0.05, 0.1) is 24.5 Å². The molecule has 24 heavy (non-hydrogen) atoms. The number of ether oxygens (including phenoxy) is 1. The number of esters is 1. The van der Waals surface area contributed by atoms with Crippen molar-refractivity contribution in [2.75, 3.05) is 12.0 Å². The Bertz CT molecular complexity index is 904. The van der Waals surface area contributed by atoms with Gasteiger partial charge in [-0.1, -0.05) is 30.3 Å². The van der Waals surface area contributed by atoms with Crippen LogP contribution < -0.4 is 4.90 Å². The van der Waals surface area contributed by atoms with E-state index in [1.807, 2.05) is 49.4 Å². The molecule has 6 heteroatoms. The first-order valence-corrected chi connectivity index (χ1v) is 7.69. The highest BCUT2D eigenvalue weighted by Gasteiger charge is 2.33. The minimum Gasteiger partial charge on any atom is -0.463 e. The third-order valence-electron chi connectivity index (χ3n) is 4.16. The molecule has 0 fully saturated rings. The van der Waals surface area contributed by atoms with Crippen molar-refractivity contribution in [2.24, 2.45) is 0 Å². The first-order valence-electron chi connectivity index (χ1n) is 7.69. The van der Waals surface area contributed by atoms with E-state index < -0.39 is 5.97 Å². The van der Waals surface area contributed by atoms with Gasteiger partial charge in [0.25, 0.3) is 5.82 Å². The van der Waals surface area contributed by atoms with Crippen LogP contribution in [0.2, 0.25) is 0 Å². The van der Waals surface area contributed by atoms with Gasteiger partial charge in [-0.2, -0.15) is 0 Å². The van der Waals surface area contributed by atoms with E-state index >= 15 is 0 Å². The zero-order chi connectivity index (χ0) is 16.7. The summed E-state index contributed by atoms with van der Waals surface area (Å²) in [5, 5.41) is 4.35. The zero-order valence-corrected chi connectivity index (χ0v) is 13.4. The number of rotatable bonds is 2. The van der Waals surface area contributed by atoms with Crippen molar-refractivity contribution in [1.82, 2.24) is 14.8 Å². The van der Waals surface area contributed by atoms with E-state index in [1.165, 1.54) is 7.11 Å². The molecule has 0 bridgehead atoms. The Balaban J connectivity index is 1.93. The summed E-state index contributed by atoms with van der Waals surface area (Å²) < 4.78 is 6.49. The van der Waals surface area contributed by atoms with Crippen molar-refractivity contribution in [3.63, 3.8) is 0 Å². The maximum Gasteiger partial charge on any atom is 0.377 e. The minimum atomic E-state index is -0.534. The van der Waals surface area contributed by atoms with Crippen LogP contribution in [0.1, 0.15) is 29.4 Å². The lowest BCUT2D eigenvalue weighted by Crippen LogP contribution is -2.29. The lowest BCUT2D eigenvalue weighted by molar-refractivity contribution is 0.0587. The fourth-order valence-electron chi connectivity index (χ4n) is 3.07. The Morgan fingerprint density at radius 1 is 1.04 bits per heavy atom. The number of fused-ring (bicyclic) bond motifs is 3. The first kappa shape index (κ1) is 14.4. The molecule has 1 aromatic heterocycles. The fourth-order valence-corrected chi connectivity index (χ4v) is 3.07. The third kappa shape index (κ3) is 2.07. The zero-order valence-electron chi connectivity index (χ0n) is 13.4. The van der Waals surface area contributed by atoms with Crippen molar-refractivity contribution in [1.29, 1.82) is 0 Å². The molecule has 6 nitrogen and oxygen atoms in total. The van der Waals surface area contributed by atoms with E-state index in [1.54, 1.807) is 4.68 Å². The summed E-state index contributed by atoms with van der Waals surface area (Å²) >= 11 is 0. The van der Waals surface area contributed by atoms with Gasteiger partial charge < -0.3 is 9.64 Å². The molecule has 1 unspecified atom stereocenters. The Hall–Kier alpha value is -3.15. The molecule has 0 amide bonds. The highest BCUT2D eigenvalue weighted by atomic mass is 16.5. The van der Waals surface area contributed by atoms with Gasteiger partial charge in [-0.25, -0.2) is 14.5 Å². The van der Waals surface area contributed by atoms with Gasteiger partial charge in [0.1, 0.15) is 0 Å². The number of carbonyl (C=O) groups excluding carboxylic acids is 1.